The van der Waals surface area contributed by atoms with Crippen molar-refractivity contribution in [1.82, 2.24) is 20.4 Å². The molecule has 2 heterocycles. The highest BCUT2D eigenvalue weighted by Crippen LogP contribution is 2.13. The molecule has 0 bridgehead atoms. The maximum absolute atomic E-state index is 12.0. The Labute approximate surface area is 121 Å². The molecule has 1 aliphatic rings. The highest BCUT2D eigenvalue weighted by molar-refractivity contribution is 5.78. The maximum Gasteiger partial charge on any atom is 0.224 e. The Balaban J connectivity index is 1.65. The normalized spacial score (nSPS) is 22.8. The van der Waals surface area contributed by atoms with E-state index in [1.54, 1.807) is 0 Å². The van der Waals surface area contributed by atoms with E-state index in [4.69, 9.17) is 0 Å². The van der Waals surface area contributed by atoms with Gasteiger partial charge in [0.2, 0.25) is 5.91 Å². The van der Waals surface area contributed by atoms with E-state index < -0.39 is 0 Å². The Bertz CT molecular complexity index is 447. The number of aromatic nitrogens is 2. The highest BCUT2D eigenvalue weighted by atomic mass is 16.1. The second-order valence-corrected chi connectivity index (χ2v) is 5.88. The van der Waals surface area contributed by atoms with Crippen molar-refractivity contribution in [3.8, 4) is 0 Å². The van der Waals surface area contributed by atoms with Crippen molar-refractivity contribution in [1.29, 1.82) is 0 Å². The van der Waals surface area contributed by atoms with Crippen molar-refractivity contribution in [2.75, 3.05) is 13.1 Å². The molecule has 0 spiro atoms. The van der Waals surface area contributed by atoms with Gasteiger partial charge in [-0.3, -0.25) is 9.48 Å². The van der Waals surface area contributed by atoms with Crippen molar-refractivity contribution in [2.45, 2.75) is 52.6 Å². The third kappa shape index (κ3) is 4.07. The van der Waals surface area contributed by atoms with Crippen LogP contribution in [0, 0.1) is 19.8 Å². The molecule has 20 heavy (non-hydrogen) atoms. The predicted octanol–water partition coefficient (Wildman–Crippen LogP) is 1.39. The minimum atomic E-state index is 0.139. The lowest BCUT2D eigenvalue weighted by molar-refractivity contribution is -0.125. The van der Waals surface area contributed by atoms with Crippen LogP contribution in [0.5, 0.6) is 0 Å². The highest BCUT2D eigenvalue weighted by Gasteiger charge is 2.23. The number of amides is 1. The summed E-state index contributed by atoms with van der Waals surface area (Å²) in [6.07, 6.45) is 3.01. The number of rotatable bonds is 5. The molecule has 1 fully saturated rings. The molecule has 2 unspecified atom stereocenters. The fraction of sp³-hybridized carbons (Fsp3) is 0.733. The van der Waals surface area contributed by atoms with Crippen LogP contribution in [-0.2, 0) is 11.3 Å². The largest absolute Gasteiger partial charge is 0.356 e. The average molecular weight is 278 g/mol. The molecule has 2 atom stereocenters. The summed E-state index contributed by atoms with van der Waals surface area (Å²) in [6, 6.07) is 2.62. The average Bonchev–Trinajstić information content (AvgIpc) is 2.73. The lowest BCUT2D eigenvalue weighted by atomic mass is 9.95. The molecule has 0 aromatic carbocycles. The molecule has 1 aromatic heterocycles. The van der Waals surface area contributed by atoms with Crippen molar-refractivity contribution in [2.24, 2.45) is 5.92 Å². The third-order valence-corrected chi connectivity index (χ3v) is 3.98. The van der Waals surface area contributed by atoms with Crippen LogP contribution in [0.15, 0.2) is 6.07 Å². The fourth-order valence-electron chi connectivity index (χ4n) is 2.71. The van der Waals surface area contributed by atoms with Gasteiger partial charge in [-0.1, -0.05) is 0 Å². The summed E-state index contributed by atoms with van der Waals surface area (Å²) in [6.45, 7) is 8.63. The first-order valence-electron chi connectivity index (χ1n) is 7.58. The Morgan fingerprint density at radius 3 is 2.90 bits per heavy atom. The lowest BCUT2D eigenvalue weighted by Gasteiger charge is -2.26. The number of nitrogens with one attached hydrogen (secondary N) is 2. The van der Waals surface area contributed by atoms with E-state index in [1.165, 1.54) is 5.69 Å². The summed E-state index contributed by atoms with van der Waals surface area (Å²) in [5.41, 5.74) is 2.23. The molecule has 5 nitrogen and oxygen atoms in total. The Kier molecular flexibility index (Phi) is 5.17. The van der Waals surface area contributed by atoms with E-state index in [-0.39, 0.29) is 11.8 Å². The quantitative estimate of drug-likeness (QED) is 0.800. The molecule has 1 amide bonds. The first-order chi connectivity index (χ1) is 9.56. The summed E-state index contributed by atoms with van der Waals surface area (Å²) in [5, 5.41) is 10.8. The van der Waals surface area contributed by atoms with Crippen LogP contribution in [0.4, 0.5) is 0 Å². The van der Waals surface area contributed by atoms with Crippen LogP contribution >= 0.6 is 0 Å². The summed E-state index contributed by atoms with van der Waals surface area (Å²) in [5.74, 6) is 0.331. The number of aryl methyl sites for hydroxylation is 3. The maximum atomic E-state index is 12.0. The molecule has 2 rings (SSSR count). The van der Waals surface area contributed by atoms with E-state index in [0.717, 1.165) is 44.6 Å². The second-order valence-electron chi connectivity index (χ2n) is 5.88. The van der Waals surface area contributed by atoms with Gasteiger partial charge >= 0.3 is 0 Å². The minimum Gasteiger partial charge on any atom is -0.356 e. The predicted molar refractivity (Wildman–Crippen MR) is 79.5 cm³/mol. The molecular formula is C15H26N4O. The van der Waals surface area contributed by atoms with E-state index in [2.05, 4.69) is 35.6 Å². The zero-order valence-corrected chi connectivity index (χ0v) is 12.8. The van der Waals surface area contributed by atoms with Gasteiger partial charge in [-0.05, 0) is 46.1 Å². The summed E-state index contributed by atoms with van der Waals surface area (Å²) < 4.78 is 2.01. The third-order valence-electron chi connectivity index (χ3n) is 3.98. The zero-order valence-electron chi connectivity index (χ0n) is 12.8. The van der Waals surface area contributed by atoms with Crippen molar-refractivity contribution < 1.29 is 4.79 Å². The monoisotopic (exact) mass is 278 g/mol. The number of piperidine rings is 1. The molecule has 0 radical (unpaired) electrons. The molecule has 5 heteroatoms. The smallest absolute Gasteiger partial charge is 0.224 e. The summed E-state index contributed by atoms with van der Waals surface area (Å²) in [4.78, 5) is 12.0. The Morgan fingerprint density at radius 1 is 1.50 bits per heavy atom. The van der Waals surface area contributed by atoms with Gasteiger partial charge in [0.15, 0.2) is 0 Å². The van der Waals surface area contributed by atoms with Crippen molar-refractivity contribution in [3.05, 3.63) is 17.5 Å². The fourth-order valence-corrected chi connectivity index (χ4v) is 2.71. The molecule has 1 saturated heterocycles. The van der Waals surface area contributed by atoms with Crippen molar-refractivity contribution >= 4 is 5.91 Å². The van der Waals surface area contributed by atoms with Gasteiger partial charge < -0.3 is 10.6 Å². The van der Waals surface area contributed by atoms with E-state index >= 15 is 0 Å². The van der Waals surface area contributed by atoms with Crippen LogP contribution in [0.25, 0.3) is 0 Å². The first kappa shape index (κ1) is 15.0. The van der Waals surface area contributed by atoms with Crippen LogP contribution < -0.4 is 10.6 Å². The van der Waals surface area contributed by atoms with Gasteiger partial charge in [0.1, 0.15) is 0 Å². The number of carbonyl (C=O) groups is 1. The SMILES string of the molecule is Cc1cc(C)n(CCCNC(=O)C2CCC(C)NC2)n1. The van der Waals surface area contributed by atoms with Gasteiger partial charge in [-0.25, -0.2) is 0 Å². The first-order valence-corrected chi connectivity index (χ1v) is 7.58. The van der Waals surface area contributed by atoms with Crippen LogP contribution in [0.2, 0.25) is 0 Å². The molecule has 112 valence electrons. The van der Waals surface area contributed by atoms with Crippen LogP contribution in [0.1, 0.15) is 37.6 Å². The zero-order chi connectivity index (χ0) is 14.5. The molecule has 2 N–H and O–H groups in total. The molecule has 1 aliphatic heterocycles. The van der Waals surface area contributed by atoms with Gasteiger partial charge in [-0.2, -0.15) is 5.10 Å². The molecule has 1 aromatic rings. The summed E-state index contributed by atoms with van der Waals surface area (Å²) in [7, 11) is 0. The molecule has 0 aliphatic carbocycles. The van der Waals surface area contributed by atoms with Gasteiger partial charge in [0, 0.05) is 31.4 Å². The number of hydrogen-bond acceptors (Lipinski definition) is 3. The van der Waals surface area contributed by atoms with Crippen LogP contribution in [-0.4, -0.2) is 34.8 Å². The molecule has 0 saturated carbocycles. The second kappa shape index (κ2) is 6.88. The summed E-state index contributed by atoms with van der Waals surface area (Å²) >= 11 is 0. The topological polar surface area (TPSA) is 59.0 Å². The number of hydrogen-bond donors (Lipinski definition) is 2. The van der Waals surface area contributed by atoms with E-state index in [0.29, 0.717) is 6.04 Å². The molecular weight excluding hydrogens is 252 g/mol. The van der Waals surface area contributed by atoms with Gasteiger partial charge in [0.25, 0.3) is 0 Å². The van der Waals surface area contributed by atoms with Gasteiger partial charge in [-0.15, -0.1) is 0 Å². The lowest BCUT2D eigenvalue weighted by Crippen LogP contribution is -2.44. The standard InChI is InChI=1S/C15H26N4O/c1-11-5-6-14(10-17-11)15(20)16-7-4-8-19-13(3)9-12(2)18-19/h9,11,14,17H,4-8,10H2,1-3H3,(H,16,20). The van der Waals surface area contributed by atoms with E-state index in [1.807, 2.05) is 11.6 Å². The van der Waals surface area contributed by atoms with E-state index in [9.17, 15) is 4.79 Å². The number of nitrogens with zero attached hydrogens (tertiary/aromatic N) is 2. The number of carbonyl (C=O) groups excluding carboxylic acids is 1. The Hall–Kier alpha value is -1.36. The Morgan fingerprint density at radius 2 is 2.30 bits per heavy atom. The van der Waals surface area contributed by atoms with Gasteiger partial charge in [0.05, 0.1) is 11.6 Å². The minimum absolute atomic E-state index is 0.139. The van der Waals surface area contributed by atoms with Crippen LogP contribution in [0.3, 0.4) is 0 Å². The van der Waals surface area contributed by atoms with Crippen molar-refractivity contribution in [3.63, 3.8) is 0 Å².